The van der Waals surface area contributed by atoms with Crippen molar-refractivity contribution in [1.82, 2.24) is 0 Å². The molecule has 0 N–H and O–H groups in total. The van der Waals surface area contributed by atoms with Crippen molar-refractivity contribution in [3.8, 4) is 5.75 Å². The first-order valence-electron chi connectivity index (χ1n) is 5.98. The molecule has 0 amide bonds. The zero-order valence-electron chi connectivity index (χ0n) is 10.2. The maximum atomic E-state index is 12.8. The average Bonchev–Trinajstić information content (AvgIpc) is 3.08. The van der Waals surface area contributed by atoms with Crippen LogP contribution in [0.5, 0.6) is 5.75 Å². The summed E-state index contributed by atoms with van der Waals surface area (Å²) >= 11 is 0. The van der Waals surface area contributed by atoms with E-state index in [0.29, 0.717) is 18.1 Å². The highest BCUT2D eigenvalue weighted by Crippen LogP contribution is 2.28. The fourth-order valence-electron chi connectivity index (χ4n) is 1.66. The summed E-state index contributed by atoms with van der Waals surface area (Å²) in [6.45, 7) is -2.99. The number of rotatable bonds is 6. The molecule has 6 heteroatoms. The summed E-state index contributed by atoms with van der Waals surface area (Å²) in [7, 11) is 0. The van der Waals surface area contributed by atoms with E-state index < -0.39 is 12.4 Å². The Hall–Kier alpha value is -1.17. The summed E-state index contributed by atoms with van der Waals surface area (Å²) in [5.74, 6) is 0.418. The van der Waals surface area contributed by atoms with Gasteiger partial charge in [-0.3, -0.25) is 0 Å². The van der Waals surface area contributed by atoms with Crippen LogP contribution in [-0.4, -0.2) is 20.4 Å². The van der Waals surface area contributed by atoms with Crippen molar-refractivity contribution in [2.75, 3.05) is 13.4 Å². The highest BCUT2D eigenvalue weighted by molar-refractivity contribution is 6.74. The third-order valence-corrected chi connectivity index (χ3v) is 2.87. The van der Waals surface area contributed by atoms with E-state index in [1.54, 1.807) is 13.0 Å². The molecule has 0 spiro atoms. The van der Waals surface area contributed by atoms with Gasteiger partial charge in [0, 0.05) is 0 Å². The van der Waals surface area contributed by atoms with Gasteiger partial charge in [0.25, 0.3) is 0 Å². The van der Waals surface area contributed by atoms with Gasteiger partial charge >= 0.3 is 6.98 Å². The van der Waals surface area contributed by atoms with Crippen molar-refractivity contribution < 1.29 is 22.4 Å². The lowest BCUT2D eigenvalue weighted by molar-refractivity contribution is 0.0104. The number of benzene rings is 1. The molecule has 1 aromatic carbocycles. The molecule has 0 aliphatic heterocycles. The number of hydrogen-bond donors (Lipinski definition) is 0. The van der Waals surface area contributed by atoms with E-state index in [1.165, 1.54) is 6.07 Å². The second-order valence-electron chi connectivity index (χ2n) is 4.69. The topological polar surface area (TPSA) is 18.5 Å². The Morgan fingerprint density at radius 2 is 2.00 bits per heavy atom. The smallest absolute Gasteiger partial charge is 0.471 e. The number of hydrogen-bond acceptors (Lipinski definition) is 2. The van der Waals surface area contributed by atoms with Crippen LogP contribution in [0.3, 0.4) is 0 Å². The normalized spacial score (nSPS) is 15.8. The van der Waals surface area contributed by atoms with E-state index in [-0.39, 0.29) is 12.5 Å². The molecule has 0 saturated heterocycles. The van der Waals surface area contributed by atoms with E-state index in [1.807, 2.05) is 0 Å². The Morgan fingerprint density at radius 3 is 2.61 bits per heavy atom. The first-order chi connectivity index (χ1) is 8.47. The van der Waals surface area contributed by atoms with Gasteiger partial charge in [-0.1, -0.05) is 23.2 Å². The van der Waals surface area contributed by atoms with Gasteiger partial charge in [-0.2, -0.15) is 0 Å². The van der Waals surface area contributed by atoms with Crippen LogP contribution >= 0.6 is 0 Å². The fraction of sp³-hybridized carbons (Fsp3) is 0.500. The number of halogens is 3. The van der Waals surface area contributed by atoms with Gasteiger partial charge in [-0.15, -0.1) is 0 Å². The lowest BCUT2D eigenvalue weighted by Crippen LogP contribution is -2.35. The van der Waals surface area contributed by atoms with Gasteiger partial charge < -0.3 is 22.4 Å². The van der Waals surface area contributed by atoms with Gasteiger partial charge in [0.15, 0.2) is 6.79 Å². The highest BCUT2D eigenvalue weighted by Gasteiger charge is 2.29. The monoisotopic (exact) mass is 259 g/mol. The Kier molecular flexibility index (Phi) is 3.85. The molecule has 0 radical (unpaired) electrons. The standard InChI is InChI=1S/C12H15BF3O2/c1-9-2-5-12(11(6-9)13(14,15)16)18-8-17-7-10-3-4-10/h2,5-6,10H,3-4,7-8H2,1H3/q-1. The minimum Gasteiger partial charge on any atom is -0.471 e. The summed E-state index contributed by atoms with van der Waals surface area (Å²) in [5, 5.41) is 0. The molecule has 0 bridgehead atoms. The molecule has 0 aromatic heterocycles. The van der Waals surface area contributed by atoms with E-state index in [4.69, 9.17) is 9.47 Å². The van der Waals surface area contributed by atoms with Crippen molar-refractivity contribution in [1.29, 1.82) is 0 Å². The zero-order valence-corrected chi connectivity index (χ0v) is 10.2. The van der Waals surface area contributed by atoms with Crippen molar-refractivity contribution in [3.05, 3.63) is 23.8 Å². The SMILES string of the molecule is Cc1ccc(OCOCC2CC2)c([B-](F)(F)F)c1. The molecule has 18 heavy (non-hydrogen) atoms. The zero-order chi connectivity index (χ0) is 13.2. The molecule has 2 rings (SSSR count). The third-order valence-electron chi connectivity index (χ3n) is 2.87. The highest BCUT2D eigenvalue weighted by atomic mass is 19.4. The largest absolute Gasteiger partial charge is 0.513 e. The van der Waals surface area contributed by atoms with Crippen LogP contribution in [0, 0.1) is 12.8 Å². The van der Waals surface area contributed by atoms with Crippen molar-refractivity contribution in [2.24, 2.45) is 5.92 Å². The lowest BCUT2D eigenvalue weighted by Gasteiger charge is -2.20. The summed E-state index contributed by atoms with van der Waals surface area (Å²) in [6, 6.07) is 4.05. The fourth-order valence-corrected chi connectivity index (χ4v) is 1.66. The molecular formula is C12H15BF3O2-. The minimum absolute atomic E-state index is 0.126. The van der Waals surface area contributed by atoms with E-state index in [0.717, 1.165) is 18.9 Å². The quantitative estimate of drug-likeness (QED) is 0.444. The van der Waals surface area contributed by atoms with Crippen LogP contribution in [0.4, 0.5) is 12.9 Å². The molecule has 0 atom stereocenters. The van der Waals surface area contributed by atoms with E-state index >= 15 is 0 Å². The molecule has 100 valence electrons. The Balaban J connectivity index is 1.97. The number of ether oxygens (including phenoxy) is 2. The molecule has 1 aliphatic rings. The van der Waals surface area contributed by atoms with Crippen LogP contribution < -0.4 is 10.2 Å². The van der Waals surface area contributed by atoms with Gasteiger partial charge in [0.2, 0.25) is 0 Å². The molecule has 1 aromatic rings. The summed E-state index contributed by atoms with van der Waals surface area (Å²) in [6.07, 6.45) is 2.28. The maximum Gasteiger partial charge on any atom is 0.513 e. The third kappa shape index (κ3) is 3.66. The second kappa shape index (κ2) is 5.22. The predicted octanol–water partition coefficient (Wildman–Crippen LogP) is 2.81. The van der Waals surface area contributed by atoms with Crippen LogP contribution in [0.15, 0.2) is 18.2 Å². The Bertz CT molecular complexity index is 416. The van der Waals surface area contributed by atoms with Crippen molar-refractivity contribution >= 4 is 12.4 Å². The molecule has 0 unspecified atom stereocenters. The molecular weight excluding hydrogens is 244 g/mol. The average molecular weight is 259 g/mol. The van der Waals surface area contributed by atoms with Gasteiger partial charge in [-0.25, -0.2) is 0 Å². The van der Waals surface area contributed by atoms with Gasteiger partial charge in [-0.05, 0) is 31.7 Å². The van der Waals surface area contributed by atoms with Crippen molar-refractivity contribution in [2.45, 2.75) is 19.8 Å². The summed E-state index contributed by atoms with van der Waals surface area (Å²) in [5.41, 5.74) is -0.125. The lowest BCUT2D eigenvalue weighted by atomic mass is 9.78. The minimum atomic E-state index is -5.06. The maximum absolute atomic E-state index is 12.8. The molecule has 1 aliphatic carbocycles. The molecule has 2 nitrogen and oxygen atoms in total. The Morgan fingerprint density at radius 1 is 1.28 bits per heavy atom. The van der Waals surface area contributed by atoms with Crippen LogP contribution in [0.1, 0.15) is 18.4 Å². The second-order valence-corrected chi connectivity index (χ2v) is 4.69. The Labute approximate surface area is 104 Å². The number of aryl methyl sites for hydroxylation is 1. The van der Waals surface area contributed by atoms with Gasteiger partial charge in [0.1, 0.15) is 0 Å². The first-order valence-corrected chi connectivity index (χ1v) is 5.98. The van der Waals surface area contributed by atoms with Crippen LogP contribution in [0.25, 0.3) is 0 Å². The summed E-state index contributed by atoms with van der Waals surface area (Å²) in [4.78, 5) is 0. The molecule has 0 heterocycles. The molecule has 1 saturated carbocycles. The van der Waals surface area contributed by atoms with Gasteiger partial charge in [0.05, 0.1) is 12.4 Å². The first kappa shape index (κ1) is 13.3. The molecule has 1 fully saturated rings. The summed E-state index contributed by atoms with van der Waals surface area (Å²) < 4.78 is 48.7. The van der Waals surface area contributed by atoms with Crippen LogP contribution in [-0.2, 0) is 4.74 Å². The van der Waals surface area contributed by atoms with Crippen LogP contribution in [0.2, 0.25) is 0 Å². The van der Waals surface area contributed by atoms with E-state index in [2.05, 4.69) is 0 Å². The predicted molar refractivity (Wildman–Crippen MR) is 64.1 cm³/mol. The van der Waals surface area contributed by atoms with E-state index in [9.17, 15) is 12.9 Å². The van der Waals surface area contributed by atoms with Crippen molar-refractivity contribution in [3.63, 3.8) is 0 Å².